The zero-order valence-corrected chi connectivity index (χ0v) is 16.6. The molecular formula is C17H17BNO3Y-. The van der Waals surface area contributed by atoms with E-state index >= 15 is 0 Å². The average molecular weight is 383 g/mol. The fourth-order valence-corrected chi connectivity index (χ4v) is 1.72. The Morgan fingerprint density at radius 3 is 2.04 bits per heavy atom. The van der Waals surface area contributed by atoms with Gasteiger partial charge in [0.1, 0.15) is 0 Å². The third-order valence-corrected chi connectivity index (χ3v) is 3.36. The first kappa shape index (κ1) is 21.7. The average Bonchev–Trinajstić information content (AvgIpc) is 2.51. The molecule has 1 aliphatic carbocycles. The van der Waals surface area contributed by atoms with Crippen LogP contribution in [0.15, 0.2) is 47.1 Å². The van der Waals surface area contributed by atoms with Crippen LogP contribution in [0, 0.1) is 6.08 Å². The summed E-state index contributed by atoms with van der Waals surface area (Å²) in [4.78, 5) is 34.2. The molecule has 1 aliphatic rings. The molecule has 1 aromatic rings. The number of nitrogens with zero attached hydrogens (tertiary/aromatic N) is 1. The zero-order valence-electron chi connectivity index (χ0n) is 13.7. The van der Waals surface area contributed by atoms with Crippen LogP contribution in [-0.2, 0) is 42.3 Å². The summed E-state index contributed by atoms with van der Waals surface area (Å²) < 4.78 is 0. The van der Waals surface area contributed by atoms with E-state index in [9.17, 15) is 14.4 Å². The van der Waals surface area contributed by atoms with Crippen LogP contribution in [0.25, 0.3) is 0 Å². The summed E-state index contributed by atoms with van der Waals surface area (Å²) in [6.07, 6.45) is 2.48. The topological polar surface area (TPSA) is 54.5 Å². The minimum absolute atomic E-state index is 0. The van der Waals surface area contributed by atoms with Crippen molar-refractivity contribution in [3.05, 3.63) is 53.1 Å². The van der Waals surface area contributed by atoms with E-state index < -0.39 is 5.81 Å². The Morgan fingerprint density at radius 2 is 1.57 bits per heavy atom. The Morgan fingerprint density at radius 1 is 1.04 bits per heavy atom. The van der Waals surface area contributed by atoms with E-state index in [1.807, 2.05) is 30.3 Å². The summed E-state index contributed by atoms with van der Waals surface area (Å²) in [7, 11) is 6.69. The van der Waals surface area contributed by atoms with Crippen molar-refractivity contribution in [3.8, 4) is 0 Å². The monoisotopic (exact) mass is 383 g/mol. The molecular weight excluding hydrogens is 366 g/mol. The standard InChI is InChI=1S/C9H9O2.C8H8BNO.Y/c1-5-4-8(10)6(2)7(3)9(5)11;1-10(8(9)11)7-5-3-2-4-6-7;/h1-3H3;2-6H,1H3;/q-1;;. The summed E-state index contributed by atoms with van der Waals surface area (Å²) in [5.74, 6) is -0.682. The molecule has 0 saturated carbocycles. The van der Waals surface area contributed by atoms with Gasteiger partial charge in [0.25, 0.3) is 0 Å². The van der Waals surface area contributed by atoms with Crippen LogP contribution in [0.1, 0.15) is 20.8 Å². The number of hydrogen-bond acceptors (Lipinski definition) is 3. The molecule has 0 heterocycles. The molecule has 0 aromatic heterocycles. The summed E-state index contributed by atoms with van der Waals surface area (Å²) in [6.45, 7) is 4.92. The predicted molar refractivity (Wildman–Crippen MR) is 86.8 cm³/mol. The molecule has 0 N–H and O–H groups in total. The maximum absolute atomic E-state index is 11.2. The number of carbonyl (C=O) groups excluding carboxylic acids is 3. The van der Waals surface area contributed by atoms with Gasteiger partial charge in [-0.3, -0.25) is 4.79 Å². The smallest absolute Gasteiger partial charge is 0.201 e. The minimum Gasteiger partial charge on any atom is -0.366 e. The van der Waals surface area contributed by atoms with Gasteiger partial charge in [-0.25, -0.2) is 0 Å². The SMILES string of the molecule is CC1=[C-]C(=O)C(C)=C(C)C1=O.[B]C(=O)N(C)c1ccccc1.[Y]. The van der Waals surface area contributed by atoms with Crippen molar-refractivity contribution in [1.29, 1.82) is 0 Å². The van der Waals surface area contributed by atoms with Gasteiger partial charge in [0.2, 0.25) is 7.85 Å². The van der Waals surface area contributed by atoms with Crippen LogP contribution >= 0.6 is 0 Å². The van der Waals surface area contributed by atoms with Crippen LogP contribution in [-0.4, -0.2) is 32.3 Å². The number of benzene rings is 1. The minimum atomic E-state index is -0.448. The van der Waals surface area contributed by atoms with Gasteiger partial charge >= 0.3 is 0 Å². The molecule has 0 fully saturated rings. The number of carbonyl (C=O) groups is 3. The fraction of sp³-hybridized carbons (Fsp3) is 0.235. The van der Waals surface area contributed by atoms with Crippen molar-refractivity contribution in [2.45, 2.75) is 20.8 Å². The molecule has 1 aromatic carbocycles. The number of ketones is 2. The van der Waals surface area contributed by atoms with Crippen LogP contribution in [0.3, 0.4) is 0 Å². The molecule has 0 atom stereocenters. The van der Waals surface area contributed by atoms with Crippen molar-refractivity contribution in [2.24, 2.45) is 0 Å². The van der Waals surface area contributed by atoms with E-state index in [0.717, 1.165) is 5.69 Å². The number of allylic oxidation sites excluding steroid dienone is 4. The van der Waals surface area contributed by atoms with Gasteiger partial charge < -0.3 is 14.5 Å². The van der Waals surface area contributed by atoms with Gasteiger partial charge in [-0.2, -0.15) is 0 Å². The van der Waals surface area contributed by atoms with Gasteiger partial charge in [-0.1, -0.05) is 39.0 Å². The quantitative estimate of drug-likeness (QED) is 0.426. The maximum Gasteiger partial charge on any atom is 0.201 e. The normalized spacial score (nSPS) is 13.5. The summed E-state index contributed by atoms with van der Waals surface area (Å²) >= 11 is 0. The van der Waals surface area contributed by atoms with Crippen LogP contribution in [0.5, 0.6) is 0 Å². The fourth-order valence-electron chi connectivity index (χ4n) is 1.72. The molecule has 0 spiro atoms. The number of rotatable bonds is 1. The number of hydrogen-bond donors (Lipinski definition) is 0. The Kier molecular flexibility index (Phi) is 9.18. The number of Topliss-reactive ketones (excluding diaryl/α,β-unsaturated/α-hetero) is 2. The van der Waals surface area contributed by atoms with E-state index in [-0.39, 0.29) is 44.3 Å². The van der Waals surface area contributed by atoms with Crippen molar-refractivity contribution >= 4 is 30.9 Å². The summed E-state index contributed by atoms with van der Waals surface area (Å²) in [5.41, 5.74) is 2.28. The number of para-hydroxylation sites is 1. The molecule has 2 rings (SSSR count). The van der Waals surface area contributed by atoms with Gasteiger partial charge in [-0.05, 0) is 12.1 Å². The number of amides is 1. The third-order valence-electron chi connectivity index (χ3n) is 3.36. The first-order valence-corrected chi connectivity index (χ1v) is 6.71. The van der Waals surface area contributed by atoms with E-state index in [1.54, 1.807) is 27.8 Å². The second kappa shape index (κ2) is 9.74. The van der Waals surface area contributed by atoms with E-state index in [1.165, 1.54) is 4.90 Å². The Hall–Kier alpha value is -1.32. The Bertz CT molecular complexity index is 666. The first-order valence-electron chi connectivity index (χ1n) is 6.71. The zero-order chi connectivity index (χ0) is 16.9. The predicted octanol–water partition coefficient (Wildman–Crippen LogP) is 2.63. The van der Waals surface area contributed by atoms with Gasteiger partial charge in [0.15, 0.2) is 5.81 Å². The van der Waals surface area contributed by atoms with Crippen molar-refractivity contribution in [1.82, 2.24) is 0 Å². The summed E-state index contributed by atoms with van der Waals surface area (Å²) in [5, 5.41) is 0. The largest absolute Gasteiger partial charge is 0.366 e. The molecule has 0 saturated heterocycles. The molecule has 3 radical (unpaired) electrons. The second-order valence-corrected chi connectivity index (χ2v) is 4.89. The van der Waals surface area contributed by atoms with Crippen molar-refractivity contribution < 1.29 is 47.1 Å². The van der Waals surface area contributed by atoms with Crippen LogP contribution < -0.4 is 4.90 Å². The van der Waals surface area contributed by atoms with Gasteiger partial charge in [0.05, 0.1) is 11.6 Å². The van der Waals surface area contributed by atoms with E-state index in [2.05, 4.69) is 6.08 Å². The van der Waals surface area contributed by atoms with E-state index in [4.69, 9.17) is 7.85 Å². The molecule has 0 aliphatic heterocycles. The van der Waals surface area contributed by atoms with Gasteiger partial charge in [-0.15, -0.1) is 22.8 Å². The maximum atomic E-state index is 11.2. The van der Waals surface area contributed by atoms with E-state index in [0.29, 0.717) is 16.7 Å². The van der Waals surface area contributed by atoms with Gasteiger partial charge in [0, 0.05) is 45.4 Å². The first-order chi connectivity index (χ1) is 10.3. The molecule has 6 heteroatoms. The second-order valence-electron chi connectivity index (χ2n) is 4.89. The molecule has 0 unspecified atom stereocenters. The van der Waals surface area contributed by atoms with Crippen LogP contribution in [0.4, 0.5) is 10.5 Å². The van der Waals surface area contributed by atoms with Crippen molar-refractivity contribution in [2.75, 3.05) is 11.9 Å². The third kappa shape index (κ3) is 6.00. The van der Waals surface area contributed by atoms with Crippen LogP contribution in [0.2, 0.25) is 0 Å². The molecule has 115 valence electrons. The Balaban J connectivity index is 0.000000403. The number of anilines is 1. The Labute approximate surface area is 163 Å². The molecule has 4 nitrogen and oxygen atoms in total. The molecule has 1 amide bonds. The van der Waals surface area contributed by atoms with Crippen molar-refractivity contribution in [3.63, 3.8) is 0 Å². The summed E-state index contributed by atoms with van der Waals surface area (Å²) in [6, 6.07) is 9.25. The molecule has 23 heavy (non-hydrogen) atoms. The molecule has 0 bridgehead atoms.